The monoisotopic (exact) mass is 569 g/mol. The van der Waals surface area contributed by atoms with Crippen LogP contribution in [-0.2, 0) is 42.7 Å². The van der Waals surface area contributed by atoms with E-state index in [0.717, 1.165) is 0 Å². The molecule has 226 valence electrons. The Bertz CT molecular complexity index is 632. The van der Waals surface area contributed by atoms with Crippen molar-refractivity contribution in [2.75, 3.05) is 79.4 Å². The lowest BCUT2D eigenvalue weighted by Crippen LogP contribution is -2.40. The first kappa shape index (κ1) is 36.5. The SMILES string of the molecule is CC(=O)CCCOCC(O)COCC(F)(F)OC(F)(F)COCOCCOCC(O)COCCNC(C)=O. The molecule has 3 N–H and O–H groups in total. The van der Waals surface area contributed by atoms with E-state index in [9.17, 15) is 37.4 Å². The van der Waals surface area contributed by atoms with Gasteiger partial charge in [-0.25, -0.2) is 0 Å². The molecule has 0 aromatic rings. The predicted molar refractivity (Wildman–Crippen MR) is 122 cm³/mol. The number of ether oxygens (including phenoxy) is 7. The highest BCUT2D eigenvalue weighted by molar-refractivity contribution is 5.75. The number of alkyl halides is 4. The lowest BCUT2D eigenvalue weighted by molar-refractivity contribution is -0.396. The van der Waals surface area contributed by atoms with Gasteiger partial charge in [0.15, 0.2) is 0 Å². The molecule has 0 rings (SSSR count). The third-order valence-electron chi connectivity index (χ3n) is 4.06. The van der Waals surface area contributed by atoms with Crippen molar-refractivity contribution in [3.63, 3.8) is 0 Å². The van der Waals surface area contributed by atoms with Crippen molar-refractivity contribution in [1.29, 1.82) is 0 Å². The lowest BCUT2D eigenvalue weighted by Gasteiger charge is -2.24. The number of carbonyl (C=O) groups is 2. The predicted octanol–water partition coefficient (Wildman–Crippen LogP) is 0.473. The van der Waals surface area contributed by atoms with Gasteiger partial charge < -0.3 is 48.7 Å². The average molecular weight is 570 g/mol. The standard InChI is InChI=1S/C22H39F4NO11/c1-17(28)4-3-6-32-10-20(31)13-36-14-21(23,24)38-22(25,26)15-37-16-35-9-8-34-12-19(30)11-33-7-5-27-18(2)29/h19-20,30-31H,3-16H2,1-2H3,(H,27,29). The first-order valence-corrected chi connectivity index (χ1v) is 11.9. The van der Waals surface area contributed by atoms with Gasteiger partial charge in [0.1, 0.15) is 38.0 Å². The Balaban J connectivity index is 3.80. The van der Waals surface area contributed by atoms with Crippen LogP contribution in [-0.4, -0.2) is 126 Å². The first-order chi connectivity index (χ1) is 17.8. The van der Waals surface area contributed by atoms with Crippen molar-refractivity contribution < 1.29 is 70.5 Å². The second kappa shape index (κ2) is 21.3. The quantitative estimate of drug-likeness (QED) is 0.0758. The van der Waals surface area contributed by atoms with Crippen molar-refractivity contribution in [1.82, 2.24) is 5.32 Å². The van der Waals surface area contributed by atoms with Gasteiger partial charge in [-0.3, -0.25) is 9.53 Å². The van der Waals surface area contributed by atoms with E-state index in [1.165, 1.54) is 13.8 Å². The summed E-state index contributed by atoms with van der Waals surface area (Å²) in [6.07, 6.45) is -10.2. The van der Waals surface area contributed by atoms with E-state index in [-0.39, 0.29) is 57.9 Å². The Hall–Kier alpha value is -1.50. The molecule has 0 aliphatic rings. The fraction of sp³-hybridized carbons (Fsp3) is 0.909. The number of carbonyl (C=O) groups excluding carboxylic acids is 2. The van der Waals surface area contributed by atoms with Crippen molar-refractivity contribution in [2.45, 2.75) is 51.1 Å². The maximum Gasteiger partial charge on any atom is 0.383 e. The zero-order valence-electron chi connectivity index (χ0n) is 21.6. The molecule has 1 amide bonds. The highest BCUT2D eigenvalue weighted by Crippen LogP contribution is 2.27. The molecule has 0 saturated carbocycles. The molecule has 0 heterocycles. The molecule has 0 fully saturated rings. The third kappa shape index (κ3) is 24.8. The van der Waals surface area contributed by atoms with Crippen LogP contribution in [0.25, 0.3) is 0 Å². The molecule has 0 bridgehead atoms. The molecule has 0 aliphatic carbocycles. The number of hydrogen-bond acceptors (Lipinski definition) is 11. The molecule has 12 nitrogen and oxygen atoms in total. The van der Waals surface area contributed by atoms with Crippen LogP contribution in [0.3, 0.4) is 0 Å². The van der Waals surface area contributed by atoms with Gasteiger partial charge in [0, 0.05) is 26.5 Å². The molecule has 0 aliphatic heterocycles. The molecule has 2 atom stereocenters. The van der Waals surface area contributed by atoms with Crippen LogP contribution in [0.5, 0.6) is 0 Å². The molecule has 38 heavy (non-hydrogen) atoms. The minimum Gasteiger partial charge on any atom is -0.388 e. The van der Waals surface area contributed by atoms with E-state index < -0.39 is 51.0 Å². The van der Waals surface area contributed by atoms with Gasteiger partial charge in [-0.15, -0.1) is 0 Å². The molecule has 0 radical (unpaired) electrons. The van der Waals surface area contributed by atoms with Gasteiger partial charge in [0.05, 0.1) is 46.2 Å². The van der Waals surface area contributed by atoms with Crippen LogP contribution in [0, 0.1) is 0 Å². The number of rotatable bonds is 26. The van der Waals surface area contributed by atoms with E-state index in [4.69, 9.17) is 18.9 Å². The fourth-order valence-corrected chi connectivity index (χ4v) is 2.46. The summed E-state index contributed by atoms with van der Waals surface area (Å²) in [4.78, 5) is 21.4. The number of amides is 1. The van der Waals surface area contributed by atoms with Gasteiger partial charge in [0.2, 0.25) is 5.91 Å². The Morgan fingerprint density at radius 1 is 0.737 bits per heavy atom. The Morgan fingerprint density at radius 3 is 1.82 bits per heavy atom. The number of aliphatic hydroxyl groups excluding tert-OH is 2. The minimum absolute atomic E-state index is 0.01000. The number of halogens is 4. The molecule has 2 unspecified atom stereocenters. The van der Waals surface area contributed by atoms with Crippen LogP contribution < -0.4 is 5.32 Å². The lowest BCUT2D eigenvalue weighted by atomic mass is 10.2. The topological polar surface area (TPSA) is 151 Å². The Labute approximate surface area is 218 Å². The second-order valence-corrected chi connectivity index (χ2v) is 8.09. The van der Waals surface area contributed by atoms with Crippen molar-refractivity contribution in [2.24, 2.45) is 0 Å². The summed E-state index contributed by atoms with van der Waals surface area (Å²) in [5.74, 6) is -0.220. The van der Waals surface area contributed by atoms with Gasteiger partial charge in [-0.1, -0.05) is 0 Å². The summed E-state index contributed by atoms with van der Waals surface area (Å²) in [5, 5.41) is 21.7. The van der Waals surface area contributed by atoms with Crippen molar-refractivity contribution in [3.05, 3.63) is 0 Å². The number of aliphatic hydroxyl groups is 2. The summed E-state index contributed by atoms with van der Waals surface area (Å²) in [5.41, 5.74) is 0. The molecule has 0 spiro atoms. The normalized spacial score (nSPS) is 13.9. The van der Waals surface area contributed by atoms with Crippen LogP contribution in [0.4, 0.5) is 17.6 Å². The van der Waals surface area contributed by atoms with E-state index in [2.05, 4.69) is 19.5 Å². The zero-order valence-corrected chi connectivity index (χ0v) is 21.6. The van der Waals surface area contributed by atoms with E-state index >= 15 is 0 Å². The van der Waals surface area contributed by atoms with Crippen LogP contribution in [0.15, 0.2) is 0 Å². The number of hydrogen-bond donors (Lipinski definition) is 3. The smallest absolute Gasteiger partial charge is 0.383 e. The largest absolute Gasteiger partial charge is 0.388 e. The number of nitrogens with one attached hydrogen (secondary N) is 1. The Morgan fingerprint density at radius 2 is 1.24 bits per heavy atom. The fourth-order valence-electron chi connectivity index (χ4n) is 2.46. The Kier molecular flexibility index (Phi) is 20.5. The summed E-state index contributed by atoms with van der Waals surface area (Å²) in [6, 6.07) is 0. The average Bonchev–Trinajstić information content (AvgIpc) is 2.79. The van der Waals surface area contributed by atoms with Crippen LogP contribution in [0.2, 0.25) is 0 Å². The van der Waals surface area contributed by atoms with Crippen LogP contribution in [0.1, 0.15) is 26.7 Å². The number of ketones is 1. The molecular formula is C22H39F4NO11. The first-order valence-electron chi connectivity index (χ1n) is 11.9. The summed E-state index contributed by atoms with van der Waals surface area (Å²) < 4.78 is 87.0. The van der Waals surface area contributed by atoms with Gasteiger partial charge in [0.25, 0.3) is 0 Å². The summed E-state index contributed by atoms with van der Waals surface area (Å²) in [6.45, 7) is -1.28. The number of Topliss-reactive ketones (excluding diaryl/α,β-unsaturated/α-hetero) is 1. The third-order valence-corrected chi connectivity index (χ3v) is 4.06. The van der Waals surface area contributed by atoms with E-state index in [0.29, 0.717) is 19.4 Å². The molecule has 0 aromatic carbocycles. The molecule has 0 saturated heterocycles. The molecule has 16 heteroatoms. The van der Waals surface area contributed by atoms with E-state index in [1.54, 1.807) is 0 Å². The maximum atomic E-state index is 13.6. The minimum atomic E-state index is -4.36. The van der Waals surface area contributed by atoms with Crippen LogP contribution >= 0.6 is 0 Å². The molecule has 0 aromatic heterocycles. The van der Waals surface area contributed by atoms with Gasteiger partial charge in [-0.2, -0.15) is 17.6 Å². The zero-order chi connectivity index (χ0) is 28.9. The summed E-state index contributed by atoms with van der Waals surface area (Å²) >= 11 is 0. The second-order valence-electron chi connectivity index (χ2n) is 8.09. The van der Waals surface area contributed by atoms with Gasteiger partial charge in [-0.05, 0) is 13.3 Å². The summed E-state index contributed by atoms with van der Waals surface area (Å²) in [7, 11) is 0. The maximum absolute atomic E-state index is 13.6. The van der Waals surface area contributed by atoms with Crippen molar-refractivity contribution in [3.8, 4) is 0 Å². The van der Waals surface area contributed by atoms with Crippen molar-refractivity contribution >= 4 is 11.7 Å². The highest BCUT2D eigenvalue weighted by Gasteiger charge is 2.44. The highest BCUT2D eigenvalue weighted by atomic mass is 19.3. The van der Waals surface area contributed by atoms with Gasteiger partial charge >= 0.3 is 12.2 Å². The van der Waals surface area contributed by atoms with E-state index in [1.807, 2.05) is 0 Å². The molecular weight excluding hydrogens is 530 g/mol.